The lowest BCUT2D eigenvalue weighted by atomic mass is 9.43. The topological polar surface area (TPSA) is 36.0 Å². The first-order chi connectivity index (χ1) is 41.1. The highest BCUT2D eigenvalue weighted by Gasteiger charge is 2.47. The summed E-state index contributed by atoms with van der Waals surface area (Å²) in [6.07, 6.45) is 1.84. The number of thiophene rings is 1. The molecule has 0 fully saturated rings. The monoisotopic (exact) mass is 1140 g/mol. The Kier molecular flexibility index (Phi) is 12.1. The highest BCUT2D eigenvalue weighted by Crippen LogP contribution is 2.53. The van der Waals surface area contributed by atoms with Crippen LogP contribution in [0, 0.1) is 0 Å². The largest absolute Gasteiger partial charge is 0.464 e. The Hall–Kier alpha value is -8.78. The van der Waals surface area contributed by atoms with E-state index >= 15 is 0 Å². The number of nitrogens with zero attached hydrogens (tertiary/aromatic N) is 3. The predicted molar refractivity (Wildman–Crippen MR) is 369 cm³/mol. The fourth-order valence-corrected chi connectivity index (χ4v) is 14.8. The van der Waals surface area contributed by atoms with Crippen LogP contribution in [0.25, 0.3) is 75.3 Å². The molecule has 5 heterocycles. The molecule has 5 nitrogen and oxygen atoms in total. The zero-order valence-electron chi connectivity index (χ0n) is 51.5. The minimum Gasteiger partial charge on any atom is -0.464 e. The van der Waals surface area contributed by atoms with Gasteiger partial charge in [-0.1, -0.05) is 192 Å². The summed E-state index contributed by atoms with van der Waals surface area (Å²) in [6.45, 7) is 27.9. The van der Waals surface area contributed by atoms with Gasteiger partial charge in [-0.2, -0.15) is 0 Å². The summed E-state index contributed by atoms with van der Waals surface area (Å²) < 4.78 is 16.2. The summed E-state index contributed by atoms with van der Waals surface area (Å²) in [5.74, 6) is 0. The highest BCUT2D eigenvalue weighted by atomic mass is 32.1. The second kappa shape index (κ2) is 19.4. The first-order valence-electron chi connectivity index (χ1n) is 30.5. The predicted octanol–water partition coefficient (Wildman–Crippen LogP) is 21.6. The van der Waals surface area contributed by atoms with E-state index in [-0.39, 0.29) is 28.5 Å². The molecule has 0 spiro atoms. The van der Waals surface area contributed by atoms with Gasteiger partial charge < -0.3 is 23.4 Å². The Balaban J connectivity index is 0.997. The van der Waals surface area contributed by atoms with Crippen molar-refractivity contribution in [2.24, 2.45) is 0 Å². The summed E-state index contributed by atoms with van der Waals surface area (Å²) in [7, 11) is 0. The molecule has 424 valence electrons. The lowest BCUT2D eigenvalue weighted by Gasteiger charge is -2.46. The summed E-state index contributed by atoms with van der Waals surface area (Å²) >= 11 is 1.88. The van der Waals surface area contributed by atoms with Crippen LogP contribution in [0.3, 0.4) is 0 Å². The van der Waals surface area contributed by atoms with Gasteiger partial charge in [0.05, 0.1) is 6.26 Å². The third-order valence-corrected chi connectivity index (χ3v) is 19.6. The van der Waals surface area contributed by atoms with Gasteiger partial charge in [-0.05, 0) is 163 Å². The maximum absolute atomic E-state index is 7.30. The molecule has 13 aromatic rings. The van der Waals surface area contributed by atoms with Crippen LogP contribution in [0.1, 0.15) is 111 Å². The molecule has 0 saturated carbocycles. The quantitative estimate of drug-likeness (QED) is 0.149. The molecule has 3 aromatic heterocycles. The average molecular weight is 1140 g/mol. The first kappa shape index (κ1) is 53.9. The van der Waals surface area contributed by atoms with Crippen molar-refractivity contribution in [3.8, 4) is 22.3 Å². The summed E-state index contributed by atoms with van der Waals surface area (Å²) in [6, 6.07) is 75.8. The number of anilines is 7. The summed E-state index contributed by atoms with van der Waals surface area (Å²) in [5, 5.41) is 5.75. The Bertz CT molecular complexity index is 4770. The standard InChI is InChI=1S/C79H72BN3O2S/c1-76(2,3)51-24-30-55(31-25-51)82(56-32-26-52(27-33-56)77(4,5)6)58-36-37-60-62-43-64-66(46-72(62)86-71(60)42-58)83(57-34-28-53(29-35-57)78(7,8)9)80-65-45-70-49(38-39-84-70)40-67(65)81(68-44-63-59-20-16-17-21-69(59)85-75(63)73(64)74(68)80)47-50-22-23-54(79(10,11)12)41-61(50)48-18-14-13-15-19-48/h13-46H,47H2,1-12H3. The molecule has 15 rings (SSSR count). The third-order valence-electron chi connectivity index (χ3n) is 18.4. The molecular formula is C79H72BN3O2S. The van der Waals surface area contributed by atoms with Crippen molar-refractivity contribution in [1.82, 2.24) is 0 Å². The van der Waals surface area contributed by atoms with Crippen molar-refractivity contribution >= 4 is 122 Å². The van der Waals surface area contributed by atoms with E-state index in [9.17, 15) is 0 Å². The molecule has 0 unspecified atom stereocenters. The molecule has 0 N–H and O–H groups in total. The van der Waals surface area contributed by atoms with Crippen molar-refractivity contribution in [2.45, 2.75) is 111 Å². The molecule has 2 aliphatic heterocycles. The zero-order valence-corrected chi connectivity index (χ0v) is 52.3. The Morgan fingerprint density at radius 3 is 1.72 bits per heavy atom. The SMILES string of the molecule is CC(C)(C)c1ccc(N2B3c4cc5occc5cc4N(Cc4ccc(C(C)(C)C)cc4-c4ccccc4)c4cc5c(oc6ccccc65)c(c43)-c3cc4c(cc32)sc2cc(N(c3ccc(C(C)(C)C)cc3)c3ccc(C(C)(C)C)cc3)ccc24)cc1. The van der Waals surface area contributed by atoms with Crippen LogP contribution in [-0.2, 0) is 28.2 Å². The lowest BCUT2D eigenvalue weighted by Crippen LogP contribution is -2.62. The maximum atomic E-state index is 7.30. The number of hydrogen-bond acceptors (Lipinski definition) is 6. The van der Waals surface area contributed by atoms with Gasteiger partial charge in [0.25, 0.3) is 0 Å². The van der Waals surface area contributed by atoms with Crippen molar-refractivity contribution in [3.63, 3.8) is 0 Å². The van der Waals surface area contributed by atoms with Crippen LogP contribution in [0.5, 0.6) is 0 Å². The van der Waals surface area contributed by atoms with Gasteiger partial charge in [-0.25, -0.2) is 0 Å². The zero-order chi connectivity index (χ0) is 59.3. The number of fused-ring (bicyclic) bond motifs is 12. The molecule has 7 heteroatoms. The second-order valence-corrected chi connectivity index (χ2v) is 29.3. The van der Waals surface area contributed by atoms with Gasteiger partial charge in [-0.3, -0.25) is 0 Å². The number of furan rings is 2. The van der Waals surface area contributed by atoms with Crippen LogP contribution in [-0.4, -0.2) is 6.85 Å². The fourth-order valence-electron chi connectivity index (χ4n) is 13.6. The van der Waals surface area contributed by atoms with Gasteiger partial charge in [0.1, 0.15) is 16.7 Å². The summed E-state index contributed by atoms with van der Waals surface area (Å²) in [5.41, 5.74) is 24.3. The van der Waals surface area contributed by atoms with Crippen molar-refractivity contribution < 1.29 is 8.83 Å². The van der Waals surface area contributed by atoms with E-state index in [0.717, 1.165) is 78.2 Å². The van der Waals surface area contributed by atoms with Crippen LogP contribution >= 0.6 is 11.3 Å². The number of benzene rings is 10. The van der Waals surface area contributed by atoms with Crippen LogP contribution < -0.4 is 25.5 Å². The minimum atomic E-state index is -0.260. The second-order valence-electron chi connectivity index (χ2n) is 28.2. The number of para-hydroxylation sites is 1. The molecule has 0 aliphatic carbocycles. The maximum Gasteiger partial charge on any atom is 0.333 e. The first-order valence-corrected chi connectivity index (χ1v) is 31.3. The van der Waals surface area contributed by atoms with Crippen LogP contribution in [0.2, 0.25) is 0 Å². The molecular weight excluding hydrogens is 1070 g/mol. The number of hydrogen-bond donors (Lipinski definition) is 0. The molecule has 0 bridgehead atoms. The third kappa shape index (κ3) is 8.86. The van der Waals surface area contributed by atoms with Crippen molar-refractivity contribution in [3.05, 3.63) is 234 Å². The normalized spacial score (nSPS) is 13.6. The van der Waals surface area contributed by atoms with Gasteiger partial charge >= 0.3 is 6.85 Å². The fraction of sp³-hybridized carbons (Fsp3) is 0.215. The van der Waals surface area contributed by atoms with E-state index in [1.165, 1.54) is 75.7 Å². The number of rotatable bonds is 7. The van der Waals surface area contributed by atoms with E-state index in [1.807, 2.05) is 17.6 Å². The molecule has 2 aliphatic rings. The molecule has 0 amide bonds. The van der Waals surface area contributed by atoms with E-state index in [1.54, 1.807) is 0 Å². The molecule has 10 aromatic carbocycles. The Morgan fingerprint density at radius 2 is 1.06 bits per heavy atom. The van der Waals surface area contributed by atoms with E-state index in [2.05, 4.69) is 298 Å². The van der Waals surface area contributed by atoms with Gasteiger partial charge in [0, 0.05) is 93.8 Å². The van der Waals surface area contributed by atoms with Crippen molar-refractivity contribution in [2.75, 3.05) is 14.6 Å². The average Bonchev–Trinajstić information content (AvgIpc) is 1.16. The van der Waals surface area contributed by atoms with E-state index in [4.69, 9.17) is 8.83 Å². The van der Waals surface area contributed by atoms with Crippen molar-refractivity contribution in [1.29, 1.82) is 0 Å². The van der Waals surface area contributed by atoms with Gasteiger partial charge in [0.15, 0.2) is 0 Å². The minimum absolute atomic E-state index is 0.0268. The van der Waals surface area contributed by atoms with E-state index in [0.29, 0.717) is 6.54 Å². The highest BCUT2D eigenvalue weighted by molar-refractivity contribution is 7.26. The van der Waals surface area contributed by atoms with Gasteiger partial charge in [0.2, 0.25) is 0 Å². The lowest BCUT2D eigenvalue weighted by molar-refractivity contribution is 0.590. The molecule has 0 saturated heterocycles. The summed E-state index contributed by atoms with van der Waals surface area (Å²) in [4.78, 5) is 7.68. The van der Waals surface area contributed by atoms with Crippen LogP contribution in [0.15, 0.2) is 215 Å². The Morgan fingerprint density at radius 1 is 0.453 bits per heavy atom. The van der Waals surface area contributed by atoms with Gasteiger partial charge in [-0.15, -0.1) is 11.3 Å². The van der Waals surface area contributed by atoms with Crippen LogP contribution in [0.4, 0.5) is 39.8 Å². The molecule has 0 radical (unpaired) electrons. The van der Waals surface area contributed by atoms with E-state index < -0.39 is 0 Å². The smallest absolute Gasteiger partial charge is 0.333 e. The molecule has 0 atom stereocenters. The Labute approximate surface area is 510 Å². The molecule has 86 heavy (non-hydrogen) atoms.